The number of nitriles is 1. The van der Waals surface area contributed by atoms with Gasteiger partial charge in [0.05, 0.1) is 17.9 Å². The maximum atomic E-state index is 12.4. The third-order valence-corrected chi connectivity index (χ3v) is 4.45. The number of amides is 1. The third kappa shape index (κ3) is 6.37. The Balaban J connectivity index is 2.12. The number of unbranched alkanes of at least 4 members (excludes halogenated alkanes) is 1. The van der Waals surface area contributed by atoms with Crippen LogP contribution in [-0.4, -0.2) is 18.5 Å². The quantitative estimate of drug-likeness (QED) is 0.274. The van der Waals surface area contributed by atoms with Gasteiger partial charge in [0, 0.05) is 16.9 Å². The smallest absolute Gasteiger partial charge is 0.340 e. The molecule has 2 aromatic carbocycles. The van der Waals surface area contributed by atoms with Crippen LogP contribution in [-0.2, 0) is 9.53 Å². The molecule has 0 aliphatic rings. The van der Waals surface area contributed by atoms with Crippen LogP contribution in [0.3, 0.4) is 0 Å². The number of ether oxygens (including phenoxy) is 1. The van der Waals surface area contributed by atoms with Crippen molar-refractivity contribution in [2.45, 2.75) is 26.7 Å². The molecule has 150 valence electrons. The standard InChI is InChI=1S/C22H22ClN3O3/c1-3-4-11-29-22(28)18-7-5-6-8-20(18)25-14-16(13-24)21(27)26-17-10-9-15(2)19(23)12-17/h5-10,12,14,25H,3-4,11H2,1-2H3,(H,26,27)/b16-14-. The van der Waals surface area contributed by atoms with E-state index in [-0.39, 0.29) is 5.57 Å². The molecule has 0 aliphatic carbocycles. The van der Waals surface area contributed by atoms with Crippen LogP contribution in [0.1, 0.15) is 35.7 Å². The number of anilines is 2. The van der Waals surface area contributed by atoms with Crippen LogP contribution in [0.2, 0.25) is 5.02 Å². The normalized spacial score (nSPS) is 10.8. The molecule has 0 saturated carbocycles. The van der Waals surface area contributed by atoms with Gasteiger partial charge in [-0.3, -0.25) is 4.79 Å². The minimum atomic E-state index is -0.595. The first-order valence-electron chi connectivity index (χ1n) is 9.16. The molecule has 0 fully saturated rings. The van der Waals surface area contributed by atoms with E-state index in [9.17, 15) is 14.9 Å². The molecule has 1 amide bonds. The molecular weight excluding hydrogens is 390 g/mol. The minimum Gasteiger partial charge on any atom is -0.462 e. The number of hydrogen-bond donors (Lipinski definition) is 2. The van der Waals surface area contributed by atoms with Gasteiger partial charge in [-0.05, 0) is 43.2 Å². The van der Waals surface area contributed by atoms with E-state index in [0.29, 0.717) is 28.6 Å². The Bertz CT molecular complexity index is 964. The van der Waals surface area contributed by atoms with Crippen molar-refractivity contribution in [3.05, 3.63) is 70.4 Å². The fourth-order valence-corrected chi connectivity index (χ4v) is 2.52. The summed E-state index contributed by atoms with van der Waals surface area (Å²) >= 11 is 6.06. The zero-order valence-corrected chi connectivity index (χ0v) is 17.0. The number of halogens is 1. The number of benzene rings is 2. The molecule has 29 heavy (non-hydrogen) atoms. The lowest BCUT2D eigenvalue weighted by Gasteiger charge is -2.10. The van der Waals surface area contributed by atoms with E-state index < -0.39 is 11.9 Å². The minimum absolute atomic E-state index is 0.157. The third-order valence-electron chi connectivity index (χ3n) is 4.04. The number of nitrogens with zero attached hydrogens (tertiary/aromatic N) is 1. The van der Waals surface area contributed by atoms with Crippen molar-refractivity contribution in [2.24, 2.45) is 0 Å². The second-order valence-electron chi connectivity index (χ2n) is 6.27. The number of carbonyl (C=O) groups is 2. The highest BCUT2D eigenvalue weighted by atomic mass is 35.5. The van der Waals surface area contributed by atoms with E-state index in [1.54, 1.807) is 42.5 Å². The van der Waals surface area contributed by atoms with Crippen molar-refractivity contribution < 1.29 is 14.3 Å². The van der Waals surface area contributed by atoms with Crippen molar-refractivity contribution in [1.82, 2.24) is 0 Å². The highest BCUT2D eigenvalue weighted by molar-refractivity contribution is 6.31. The Morgan fingerprint density at radius 3 is 2.69 bits per heavy atom. The lowest BCUT2D eigenvalue weighted by atomic mass is 10.1. The molecule has 0 atom stereocenters. The SMILES string of the molecule is CCCCOC(=O)c1ccccc1N/C=C(/C#N)C(=O)Nc1ccc(C)c(Cl)c1. The first-order valence-corrected chi connectivity index (χ1v) is 9.54. The number of hydrogen-bond acceptors (Lipinski definition) is 5. The summed E-state index contributed by atoms with van der Waals surface area (Å²) in [5.41, 5.74) is 1.96. The summed E-state index contributed by atoms with van der Waals surface area (Å²) in [5.74, 6) is -1.06. The van der Waals surface area contributed by atoms with Gasteiger partial charge in [0.25, 0.3) is 5.91 Å². The number of aryl methyl sites for hydroxylation is 1. The summed E-state index contributed by atoms with van der Waals surface area (Å²) in [5, 5.41) is 15.3. The molecule has 0 radical (unpaired) electrons. The van der Waals surface area contributed by atoms with Crippen LogP contribution >= 0.6 is 11.6 Å². The van der Waals surface area contributed by atoms with Crippen LogP contribution < -0.4 is 10.6 Å². The van der Waals surface area contributed by atoms with Gasteiger partial charge in [0.15, 0.2) is 0 Å². The molecule has 2 aromatic rings. The van der Waals surface area contributed by atoms with E-state index in [1.807, 2.05) is 19.9 Å². The number of para-hydroxylation sites is 1. The first kappa shape index (κ1) is 22.0. The average Bonchev–Trinajstić information content (AvgIpc) is 2.71. The maximum absolute atomic E-state index is 12.4. The highest BCUT2D eigenvalue weighted by Crippen LogP contribution is 2.21. The predicted octanol–water partition coefficient (Wildman–Crippen LogP) is 5.06. The number of carbonyl (C=O) groups excluding carboxylic acids is 2. The molecule has 2 rings (SSSR count). The van der Waals surface area contributed by atoms with Gasteiger partial charge in [-0.1, -0.05) is 43.1 Å². The van der Waals surface area contributed by atoms with Crippen molar-refractivity contribution in [3.8, 4) is 6.07 Å². The van der Waals surface area contributed by atoms with Gasteiger partial charge in [-0.15, -0.1) is 0 Å². The Morgan fingerprint density at radius 1 is 1.24 bits per heavy atom. The van der Waals surface area contributed by atoms with Crippen LogP contribution in [0.15, 0.2) is 54.2 Å². The average molecular weight is 412 g/mol. The van der Waals surface area contributed by atoms with Gasteiger partial charge in [0.2, 0.25) is 0 Å². The number of rotatable bonds is 8. The van der Waals surface area contributed by atoms with Crippen LogP contribution in [0, 0.1) is 18.3 Å². The predicted molar refractivity (Wildman–Crippen MR) is 114 cm³/mol. The maximum Gasteiger partial charge on any atom is 0.340 e. The zero-order chi connectivity index (χ0) is 21.2. The summed E-state index contributed by atoms with van der Waals surface area (Å²) in [6.45, 7) is 4.20. The van der Waals surface area contributed by atoms with E-state index >= 15 is 0 Å². The molecule has 2 N–H and O–H groups in total. The van der Waals surface area contributed by atoms with E-state index in [4.69, 9.17) is 16.3 Å². The molecule has 0 spiro atoms. The van der Waals surface area contributed by atoms with Crippen LogP contribution in [0.5, 0.6) is 0 Å². The Labute approximate surface area is 175 Å². The Hall–Kier alpha value is -3.30. The fourth-order valence-electron chi connectivity index (χ4n) is 2.34. The van der Waals surface area contributed by atoms with Gasteiger partial charge in [-0.25, -0.2) is 4.79 Å². The molecule has 0 bridgehead atoms. The number of esters is 1. The number of nitrogens with one attached hydrogen (secondary N) is 2. The van der Waals surface area contributed by atoms with Gasteiger partial charge < -0.3 is 15.4 Å². The van der Waals surface area contributed by atoms with Gasteiger partial charge >= 0.3 is 5.97 Å². The second kappa shape index (κ2) is 10.9. The van der Waals surface area contributed by atoms with Crippen LogP contribution in [0.4, 0.5) is 11.4 Å². The van der Waals surface area contributed by atoms with E-state index in [2.05, 4.69) is 10.6 Å². The summed E-state index contributed by atoms with van der Waals surface area (Å²) < 4.78 is 5.23. The van der Waals surface area contributed by atoms with Crippen molar-refractivity contribution >= 4 is 34.9 Å². The molecule has 0 heterocycles. The van der Waals surface area contributed by atoms with Crippen molar-refractivity contribution in [1.29, 1.82) is 5.26 Å². The highest BCUT2D eigenvalue weighted by Gasteiger charge is 2.14. The Kier molecular flexibility index (Phi) is 8.26. The molecule has 0 unspecified atom stereocenters. The molecule has 7 heteroatoms. The lowest BCUT2D eigenvalue weighted by Crippen LogP contribution is -2.15. The largest absolute Gasteiger partial charge is 0.462 e. The summed E-state index contributed by atoms with van der Waals surface area (Å²) in [6, 6.07) is 13.7. The second-order valence-corrected chi connectivity index (χ2v) is 6.67. The molecule has 0 aromatic heterocycles. The molecule has 6 nitrogen and oxygen atoms in total. The molecular formula is C22H22ClN3O3. The molecule has 0 aliphatic heterocycles. The van der Waals surface area contributed by atoms with Gasteiger partial charge in [0.1, 0.15) is 11.6 Å². The van der Waals surface area contributed by atoms with Crippen LogP contribution in [0.25, 0.3) is 0 Å². The van der Waals surface area contributed by atoms with E-state index in [1.165, 1.54) is 6.20 Å². The van der Waals surface area contributed by atoms with E-state index in [0.717, 1.165) is 18.4 Å². The molecule has 0 saturated heterocycles. The lowest BCUT2D eigenvalue weighted by molar-refractivity contribution is -0.112. The van der Waals surface area contributed by atoms with Crippen molar-refractivity contribution in [2.75, 3.05) is 17.2 Å². The van der Waals surface area contributed by atoms with Gasteiger partial charge in [-0.2, -0.15) is 5.26 Å². The summed E-state index contributed by atoms with van der Waals surface area (Å²) in [4.78, 5) is 24.6. The fraction of sp³-hybridized carbons (Fsp3) is 0.227. The monoisotopic (exact) mass is 411 g/mol. The van der Waals surface area contributed by atoms with Crippen molar-refractivity contribution in [3.63, 3.8) is 0 Å². The first-order chi connectivity index (χ1) is 14.0. The summed E-state index contributed by atoms with van der Waals surface area (Å²) in [7, 11) is 0. The topological polar surface area (TPSA) is 91.2 Å². The Morgan fingerprint density at radius 2 is 2.00 bits per heavy atom. The zero-order valence-electron chi connectivity index (χ0n) is 16.3. The summed E-state index contributed by atoms with van der Waals surface area (Å²) in [6.07, 6.45) is 2.95.